The van der Waals surface area contributed by atoms with Crippen molar-refractivity contribution in [1.29, 1.82) is 0 Å². The van der Waals surface area contributed by atoms with Gasteiger partial charge in [0.1, 0.15) is 0 Å². The third-order valence-electron chi connectivity index (χ3n) is 10.9. The molecule has 2 fully saturated rings. The maximum atomic E-state index is 10.9. The molecule has 0 bridgehead atoms. The van der Waals surface area contributed by atoms with Gasteiger partial charge in [0.05, 0.1) is 12.2 Å². The second kappa shape index (κ2) is 17.6. The minimum Gasteiger partial charge on any atom is -0.478 e. The number of carbonyl (C=O) groups is 1. The van der Waals surface area contributed by atoms with Gasteiger partial charge in [-0.05, 0) is 105 Å². The average molecular weight is 606 g/mol. The summed E-state index contributed by atoms with van der Waals surface area (Å²) in [5.41, 5.74) is 1.68. The number of aliphatic hydroxyl groups excluding tert-OH is 2. The van der Waals surface area contributed by atoms with Gasteiger partial charge in [0, 0.05) is 14.0 Å². The smallest absolute Gasteiger partial charge is 0.331 e. The van der Waals surface area contributed by atoms with Crippen molar-refractivity contribution in [2.24, 2.45) is 71.0 Å². The fourth-order valence-electron chi connectivity index (χ4n) is 8.39. The lowest BCUT2D eigenvalue weighted by Crippen LogP contribution is -2.46. The van der Waals surface area contributed by atoms with E-state index in [-0.39, 0.29) is 34.0 Å². The Hall–Kier alpha value is -2.11. The van der Waals surface area contributed by atoms with Crippen molar-refractivity contribution in [1.82, 2.24) is 0 Å². The standard InChI is InChI=1S/C19H28O3.C19H30O.CH4.B/c1-11-8-9-15-10-13(3)18(20)14(4)17(15)16(11)7-5-6-12(2)19(21)22;1-12(2)7-6-8-17-13(3)9-10-16-11-14(4)19(20)15(5)18(16)17;;/h5-9,11,13-18,20H,10H2,1-4H3,(H,21,22);6-10,13-20H,11H2,1-5H3;1H4;/b7-5+,12-6+;8-6+;;/t11-,13+,14-,15-,16-,17-,18-;13-,14+,15-,16-,17-,18-,19-;;/m00../s1. The van der Waals surface area contributed by atoms with Crippen LogP contribution >= 0.6 is 0 Å². The van der Waals surface area contributed by atoms with Gasteiger partial charge in [-0.15, -0.1) is 0 Å². The van der Waals surface area contributed by atoms with Crippen LogP contribution in [-0.2, 0) is 4.79 Å². The predicted octanol–water partition coefficient (Wildman–Crippen LogP) is 8.52. The van der Waals surface area contributed by atoms with E-state index in [0.29, 0.717) is 70.7 Å². The molecule has 0 unspecified atom stereocenters. The molecule has 0 spiro atoms. The molecule has 14 atom stereocenters. The number of carboxylic acids is 1. The van der Waals surface area contributed by atoms with Gasteiger partial charge in [-0.1, -0.05) is 115 Å². The highest BCUT2D eigenvalue weighted by Crippen LogP contribution is 2.49. The van der Waals surface area contributed by atoms with Crippen molar-refractivity contribution in [2.75, 3.05) is 0 Å². The number of hydrogen-bond acceptors (Lipinski definition) is 3. The molecular formula is C39H62BO4. The first-order valence-corrected chi connectivity index (χ1v) is 16.4. The molecule has 4 rings (SSSR count). The van der Waals surface area contributed by atoms with Gasteiger partial charge in [0.25, 0.3) is 0 Å². The Balaban J connectivity index is 0.000000422. The van der Waals surface area contributed by atoms with E-state index < -0.39 is 5.97 Å². The molecule has 4 nitrogen and oxygen atoms in total. The largest absolute Gasteiger partial charge is 0.478 e. The summed E-state index contributed by atoms with van der Waals surface area (Å²) in [4.78, 5) is 10.9. The molecule has 2 saturated carbocycles. The van der Waals surface area contributed by atoms with Gasteiger partial charge < -0.3 is 15.3 Å². The van der Waals surface area contributed by atoms with E-state index in [4.69, 9.17) is 5.11 Å². The molecule has 4 aliphatic rings. The van der Waals surface area contributed by atoms with Crippen molar-refractivity contribution >= 4 is 14.4 Å². The van der Waals surface area contributed by atoms with Crippen LogP contribution in [0.2, 0.25) is 0 Å². The van der Waals surface area contributed by atoms with E-state index >= 15 is 0 Å². The summed E-state index contributed by atoms with van der Waals surface area (Å²) in [5.74, 6) is 4.60. The van der Waals surface area contributed by atoms with Gasteiger partial charge in [0.2, 0.25) is 0 Å². The summed E-state index contributed by atoms with van der Waals surface area (Å²) in [7, 11) is 0. The van der Waals surface area contributed by atoms with Gasteiger partial charge in [-0.3, -0.25) is 0 Å². The van der Waals surface area contributed by atoms with Crippen LogP contribution in [0.15, 0.2) is 71.9 Å². The molecule has 0 aliphatic heterocycles. The maximum absolute atomic E-state index is 10.9. The zero-order valence-electron chi connectivity index (χ0n) is 28.1. The van der Waals surface area contributed by atoms with Crippen molar-refractivity contribution in [2.45, 2.75) is 94.8 Å². The fourth-order valence-corrected chi connectivity index (χ4v) is 8.39. The molecule has 3 radical (unpaired) electrons. The Bertz CT molecular complexity index is 1100. The summed E-state index contributed by atoms with van der Waals surface area (Å²) in [6, 6.07) is 0. The topological polar surface area (TPSA) is 77.8 Å². The first-order chi connectivity index (χ1) is 19.7. The van der Waals surface area contributed by atoms with Crippen molar-refractivity contribution in [3.63, 3.8) is 0 Å². The first-order valence-electron chi connectivity index (χ1n) is 16.4. The van der Waals surface area contributed by atoms with Crippen LogP contribution in [0.4, 0.5) is 0 Å². The molecule has 0 heterocycles. The third-order valence-corrected chi connectivity index (χ3v) is 10.9. The van der Waals surface area contributed by atoms with Crippen molar-refractivity contribution < 1.29 is 20.1 Å². The zero-order valence-corrected chi connectivity index (χ0v) is 28.1. The minimum absolute atomic E-state index is 0. The lowest BCUT2D eigenvalue weighted by atomic mass is 9.58. The molecule has 0 aromatic heterocycles. The van der Waals surface area contributed by atoms with Crippen LogP contribution in [0.3, 0.4) is 0 Å². The highest BCUT2D eigenvalue weighted by atomic mass is 16.4. The van der Waals surface area contributed by atoms with Crippen LogP contribution < -0.4 is 0 Å². The van der Waals surface area contributed by atoms with Crippen LogP contribution in [0.1, 0.15) is 82.6 Å². The summed E-state index contributed by atoms with van der Waals surface area (Å²) in [5, 5.41) is 29.8. The van der Waals surface area contributed by atoms with E-state index in [1.165, 1.54) is 5.57 Å². The van der Waals surface area contributed by atoms with Crippen molar-refractivity contribution in [3.05, 3.63) is 71.9 Å². The number of aliphatic carboxylic acids is 1. The molecule has 0 aromatic carbocycles. The SMILES string of the molecule is C.C/C(=C\C=C\[C@@H]1[C@H]2[C@H](C)[C@@H](O)[C@H](C)C[C@@H]2C=C[C@@H]1C)C(=O)O.CC(C)=C/C=C/[C@@H]1[C@H]2[C@H](C)[C@@H](O)[C@H](C)C[C@@H]2C=C[C@@H]1C.[B]. The van der Waals surface area contributed by atoms with Crippen LogP contribution in [-0.4, -0.2) is 41.9 Å². The Labute approximate surface area is 271 Å². The van der Waals surface area contributed by atoms with Gasteiger partial charge in [-0.2, -0.15) is 0 Å². The van der Waals surface area contributed by atoms with E-state index in [9.17, 15) is 15.0 Å². The number of hydrogen-bond donors (Lipinski definition) is 3. The summed E-state index contributed by atoms with van der Waals surface area (Å²) >= 11 is 0. The number of fused-ring (bicyclic) bond motifs is 2. The molecule has 0 amide bonds. The number of rotatable bonds is 5. The lowest BCUT2D eigenvalue weighted by Gasteiger charge is -2.48. The van der Waals surface area contributed by atoms with Crippen LogP contribution in [0, 0.1) is 71.0 Å². The summed E-state index contributed by atoms with van der Waals surface area (Å²) in [6.45, 7) is 19.1. The number of allylic oxidation sites excluding steroid dienone is 11. The van der Waals surface area contributed by atoms with Gasteiger partial charge >= 0.3 is 5.97 Å². The third kappa shape index (κ3) is 9.46. The van der Waals surface area contributed by atoms with Crippen molar-refractivity contribution in [3.8, 4) is 0 Å². The maximum Gasteiger partial charge on any atom is 0.331 e. The highest BCUT2D eigenvalue weighted by molar-refractivity contribution is 5.86. The Kier molecular flexibility index (Phi) is 15.9. The van der Waals surface area contributed by atoms with Crippen LogP contribution in [0.25, 0.3) is 0 Å². The minimum atomic E-state index is -0.880. The van der Waals surface area contributed by atoms with Gasteiger partial charge in [-0.25, -0.2) is 4.79 Å². The fraction of sp³-hybridized carbons (Fsp3) is 0.667. The number of carboxylic acid groups (broad SMARTS) is 1. The molecule has 3 N–H and O–H groups in total. The monoisotopic (exact) mass is 605 g/mol. The molecule has 245 valence electrons. The predicted molar refractivity (Wildman–Crippen MR) is 187 cm³/mol. The second-order valence-electron chi connectivity index (χ2n) is 14.4. The molecule has 44 heavy (non-hydrogen) atoms. The van der Waals surface area contributed by atoms with E-state index in [1.807, 2.05) is 6.08 Å². The van der Waals surface area contributed by atoms with E-state index in [2.05, 4.69) is 104 Å². The van der Waals surface area contributed by atoms with Gasteiger partial charge in [0.15, 0.2) is 0 Å². The molecule has 0 aromatic rings. The molecular weight excluding hydrogens is 543 g/mol. The quantitative estimate of drug-likeness (QED) is 0.127. The molecule has 5 heteroatoms. The normalized spacial score (nSPS) is 41.4. The Morgan fingerprint density at radius 2 is 1.07 bits per heavy atom. The summed E-state index contributed by atoms with van der Waals surface area (Å²) in [6.07, 6.45) is 23.6. The molecule has 4 aliphatic carbocycles. The van der Waals surface area contributed by atoms with E-state index in [0.717, 1.165) is 12.8 Å². The zero-order chi connectivity index (χ0) is 31.3. The van der Waals surface area contributed by atoms with E-state index in [1.54, 1.807) is 13.0 Å². The summed E-state index contributed by atoms with van der Waals surface area (Å²) < 4.78 is 0. The second-order valence-corrected chi connectivity index (χ2v) is 14.4. The average Bonchev–Trinajstić information content (AvgIpc) is 2.93. The first kappa shape index (κ1) is 39.9. The van der Waals surface area contributed by atoms with Crippen LogP contribution in [0.5, 0.6) is 0 Å². The molecule has 0 saturated heterocycles. The Morgan fingerprint density at radius 3 is 1.43 bits per heavy atom. The Morgan fingerprint density at radius 1 is 0.682 bits per heavy atom. The number of aliphatic hydroxyl groups is 2. The lowest BCUT2D eigenvalue weighted by molar-refractivity contribution is -0.132. The highest BCUT2D eigenvalue weighted by Gasteiger charge is 2.45.